The second-order valence-corrected chi connectivity index (χ2v) is 4.33. The van der Waals surface area contributed by atoms with Crippen molar-refractivity contribution < 1.29 is 0 Å². The average molecular weight is 239 g/mol. The summed E-state index contributed by atoms with van der Waals surface area (Å²) in [6.45, 7) is 4.91. The maximum atomic E-state index is 5.72. The molecular weight excluding hydrogens is 224 g/mol. The molecule has 0 saturated heterocycles. The van der Waals surface area contributed by atoms with Crippen molar-refractivity contribution in [2.45, 2.75) is 32.3 Å². The van der Waals surface area contributed by atoms with Crippen molar-refractivity contribution in [3.63, 3.8) is 0 Å². The highest BCUT2D eigenvalue weighted by molar-refractivity contribution is 6.17. The van der Waals surface area contributed by atoms with Gasteiger partial charge in [-0.3, -0.25) is 9.36 Å². The average Bonchev–Trinajstić information content (AvgIpc) is 2.87. The third-order valence-corrected chi connectivity index (χ3v) is 2.67. The van der Waals surface area contributed by atoms with Crippen molar-refractivity contribution in [2.75, 3.05) is 0 Å². The van der Waals surface area contributed by atoms with Gasteiger partial charge in [0.1, 0.15) is 0 Å². The van der Waals surface area contributed by atoms with Gasteiger partial charge in [0, 0.05) is 24.0 Å². The van der Waals surface area contributed by atoms with Crippen LogP contribution < -0.4 is 0 Å². The molecule has 2 heterocycles. The van der Waals surface area contributed by atoms with Crippen LogP contribution >= 0.6 is 11.6 Å². The number of aromatic nitrogens is 4. The molecule has 0 radical (unpaired) electrons. The third kappa shape index (κ3) is 2.44. The van der Waals surface area contributed by atoms with Crippen LogP contribution in [-0.2, 0) is 12.4 Å². The monoisotopic (exact) mass is 238 g/mol. The van der Waals surface area contributed by atoms with E-state index in [9.17, 15) is 0 Å². The first-order valence-electron chi connectivity index (χ1n) is 5.30. The van der Waals surface area contributed by atoms with E-state index in [0.29, 0.717) is 18.5 Å². The molecule has 0 aromatic carbocycles. The van der Waals surface area contributed by atoms with Gasteiger partial charge < -0.3 is 0 Å². The van der Waals surface area contributed by atoms with Crippen LogP contribution in [0.3, 0.4) is 0 Å². The molecule has 0 atom stereocenters. The Kier molecular flexibility index (Phi) is 3.29. The quantitative estimate of drug-likeness (QED) is 0.767. The summed E-state index contributed by atoms with van der Waals surface area (Å²) in [5, 5.41) is 8.68. The Morgan fingerprint density at radius 1 is 1.44 bits per heavy atom. The summed E-state index contributed by atoms with van der Waals surface area (Å²) >= 11 is 5.72. The van der Waals surface area contributed by atoms with Crippen molar-refractivity contribution in [3.8, 4) is 0 Å². The van der Waals surface area contributed by atoms with E-state index in [1.165, 1.54) is 0 Å². The Labute approximate surface area is 99.8 Å². The number of hydrogen-bond donors (Lipinski definition) is 0. The molecule has 0 amide bonds. The third-order valence-electron chi connectivity index (χ3n) is 2.36. The van der Waals surface area contributed by atoms with E-state index in [1.807, 2.05) is 27.8 Å². The summed E-state index contributed by atoms with van der Waals surface area (Å²) in [6, 6.07) is 2.41. The molecule has 0 bridgehead atoms. The van der Waals surface area contributed by atoms with Gasteiger partial charge in [-0.15, -0.1) is 11.6 Å². The summed E-state index contributed by atoms with van der Waals surface area (Å²) in [7, 11) is 0. The van der Waals surface area contributed by atoms with Gasteiger partial charge in [0.25, 0.3) is 0 Å². The van der Waals surface area contributed by atoms with E-state index in [1.54, 1.807) is 6.20 Å². The van der Waals surface area contributed by atoms with Crippen LogP contribution in [0.5, 0.6) is 0 Å². The Morgan fingerprint density at radius 2 is 2.25 bits per heavy atom. The van der Waals surface area contributed by atoms with Gasteiger partial charge in [-0.2, -0.15) is 10.2 Å². The van der Waals surface area contributed by atoms with Crippen molar-refractivity contribution in [1.29, 1.82) is 0 Å². The molecule has 0 spiro atoms. The van der Waals surface area contributed by atoms with Crippen molar-refractivity contribution in [2.24, 2.45) is 0 Å². The summed E-state index contributed by atoms with van der Waals surface area (Å²) in [5.41, 5.74) is 2.04. The molecule has 4 nitrogen and oxygen atoms in total. The highest BCUT2D eigenvalue weighted by Gasteiger charge is 2.03. The van der Waals surface area contributed by atoms with E-state index >= 15 is 0 Å². The molecule has 16 heavy (non-hydrogen) atoms. The molecule has 86 valence electrons. The van der Waals surface area contributed by atoms with Crippen LogP contribution in [0.2, 0.25) is 0 Å². The lowest BCUT2D eigenvalue weighted by Crippen LogP contribution is -2.04. The molecule has 0 saturated carbocycles. The van der Waals surface area contributed by atoms with Crippen molar-refractivity contribution >= 4 is 11.6 Å². The van der Waals surface area contributed by atoms with Crippen molar-refractivity contribution in [1.82, 2.24) is 19.6 Å². The zero-order chi connectivity index (χ0) is 11.5. The van der Waals surface area contributed by atoms with E-state index in [0.717, 1.165) is 11.3 Å². The molecule has 0 unspecified atom stereocenters. The summed E-state index contributed by atoms with van der Waals surface area (Å²) in [4.78, 5) is 0. The Bertz CT molecular complexity index is 458. The van der Waals surface area contributed by atoms with Gasteiger partial charge in [0.2, 0.25) is 0 Å². The minimum absolute atomic E-state index is 0.393. The fourth-order valence-corrected chi connectivity index (χ4v) is 1.62. The van der Waals surface area contributed by atoms with Crippen LogP contribution in [-0.4, -0.2) is 19.6 Å². The molecule has 0 N–H and O–H groups in total. The first-order chi connectivity index (χ1) is 7.69. The molecule has 0 aliphatic carbocycles. The lowest BCUT2D eigenvalue weighted by atomic mass is 10.4. The molecule has 2 aromatic heterocycles. The normalized spacial score (nSPS) is 11.2. The van der Waals surface area contributed by atoms with Gasteiger partial charge in [-0.1, -0.05) is 0 Å². The molecular formula is C11H15ClN4. The number of halogens is 1. The Hall–Kier alpha value is -1.29. The van der Waals surface area contributed by atoms with E-state index in [-0.39, 0.29) is 0 Å². The first-order valence-corrected chi connectivity index (χ1v) is 5.84. The first kappa shape index (κ1) is 11.2. The van der Waals surface area contributed by atoms with E-state index in [4.69, 9.17) is 11.6 Å². The highest BCUT2D eigenvalue weighted by atomic mass is 35.5. The van der Waals surface area contributed by atoms with Crippen LogP contribution in [0.15, 0.2) is 24.7 Å². The highest BCUT2D eigenvalue weighted by Crippen LogP contribution is 2.07. The van der Waals surface area contributed by atoms with E-state index in [2.05, 4.69) is 24.0 Å². The molecule has 0 fully saturated rings. The fraction of sp³-hybridized carbons (Fsp3) is 0.455. The standard InChI is InChI=1S/C11H15ClN4/c1-9(2)16-4-3-11(14-16)8-15-7-10(5-12)6-13-15/h3-4,6-7,9H,5,8H2,1-2H3. The zero-order valence-electron chi connectivity index (χ0n) is 9.47. The Morgan fingerprint density at radius 3 is 2.81 bits per heavy atom. The molecule has 0 aliphatic heterocycles. The van der Waals surface area contributed by atoms with Gasteiger partial charge in [0.15, 0.2) is 0 Å². The number of hydrogen-bond acceptors (Lipinski definition) is 2. The smallest absolute Gasteiger partial charge is 0.0849 e. The second-order valence-electron chi connectivity index (χ2n) is 4.06. The SMILES string of the molecule is CC(C)n1ccc(Cn2cc(CCl)cn2)n1. The predicted octanol–water partition coefficient (Wildman–Crippen LogP) is 2.45. The number of alkyl halides is 1. The maximum absolute atomic E-state index is 5.72. The van der Waals surface area contributed by atoms with Gasteiger partial charge in [-0.25, -0.2) is 0 Å². The van der Waals surface area contributed by atoms with E-state index < -0.39 is 0 Å². The fourth-order valence-electron chi connectivity index (χ4n) is 1.48. The molecule has 2 rings (SSSR count). The van der Waals surface area contributed by atoms with Crippen LogP contribution in [0.4, 0.5) is 0 Å². The maximum Gasteiger partial charge on any atom is 0.0849 e. The van der Waals surface area contributed by atoms with Gasteiger partial charge >= 0.3 is 0 Å². The van der Waals surface area contributed by atoms with Gasteiger partial charge in [-0.05, 0) is 19.9 Å². The Balaban J connectivity index is 2.08. The molecule has 5 heteroatoms. The second kappa shape index (κ2) is 4.70. The lowest BCUT2D eigenvalue weighted by molar-refractivity contribution is 0.521. The minimum Gasteiger partial charge on any atom is -0.270 e. The summed E-state index contributed by atoms with van der Waals surface area (Å²) in [6.07, 6.45) is 5.72. The zero-order valence-corrected chi connectivity index (χ0v) is 10.2. The van der Waals surface area contributed by atoms with Crippen LogP contribution in [0.1, 0.15) is 31.1 Å². The molecule has 2 aromatic rings. The number of rotatable bonds is 4. The lowest BCUT2D eigenvalue weighted by Gasteiger charge is -2.03. The van der Waals surface area contributed by atoms with Crippen LogP contribution in [0, 0.1) is 0 Å². The summed E-state index contributed by atoms with van der Waals surface area (Å²) in [5.74, 6) is 0.500. The molecule has 0 aliphatic rings. The summed E-state index contributed by atoms with van der Waals surface area (Å²) < 4.78 is 3.80. The largest absolute Gasteiger partial charge is 0.270 e. The minimum atomic E-state index is 0.393. The predicted molar refractivity (Wildman–Crippen MR) is 63.5 cm³/mol. The van der Waals surface area contributed by atoms with Crippen LogP contribution in [0.25, 0.3) is 0 Å². The van der Waals surface area contributed by atoms with Gasteiger partial charge in [0.05, 0.1) is 24.3 Å². The topological polar surface area (TPSA) is 35.6 Å². The van der Waals surface area contributed by atoms with Crippen molar-refractivity contribution in [3.05, 3.63) is 35.9 Å². The number of nitrogens with zero attached hydrogens (tertiary/aromatic N) is 4.